The number of rotatable bonds is 2. The molecular formula is C18H20O2. The summed E-state index contributed by atoms with van der Waals surface area (Å²) in [5.41, 5.74) is 3.47. The van der Waals surface area contributed by atoms with Crippen molar-refractivity contribution in [2.24, 2.45) is 0 Å². The Labute approximate surface area is 120 Å². The first-order valence-electron chi connectivity index (χ1n) is 6.76. The number of esters is 1. The summed E-state index contributed by atoms with van der Waals surface area (Å²) in [6, 6.07) is 15.7. The van der Waals surface area contributed by atoms with E-state index in [1.54, 1.807) is 6.07 Å². The van der Waals surface area contributed by atoms with E-state index in [-0.39, 0.29) is 5.97 Å². The number of benzene rings is 2. The van der Waals surface area contributed by atoms with Gasteiger partial charge in [0, 0.05) is 0 Å². The molecule has 0 heterocycles. The first kappa shape index (κ1) is 14.3. The molecular weight excluding hydrogens is 248 g/mol. The Hall–Kier alpha value is -2.09. The van der Waals surface area contributed by atoms with Gasteiger partial charge in [0.2, 0.25) is 0 Å². The van der Waals surface area contributed by atoms with Crippen LogP contribution in [-0.4, -0.2) is 11.6 Å². The molecule has 0 unspecified atom stereocenters. The Morgan fingerprint density at radius 2 is 1.70 bits per heavy atom. The summed E-state index contributed by atoms with van der Waals surface area (Å²) in [6.45, 7) is 7.68. The van der Waals surface area contributed by atoms with Gasteiger partial charge in [-0.05, 0) is 56.5 Å². The molecule has 0 N–H and O–H groups in total. The third kappa shape index (κ3) is 3.47. The number of hydrogen-bond acceptors (Lipinski definition) is 2. The second-order valence-electron chi connectivity index (χ2n) is 5.90. The molecule has 0 aromatic heterocycles. The molecule has 0 fully saturated rings. The zero-order chi connectivity index (χ0) is 14.8. The smallest absolute Gasteiger partial charge is 0.338 e. The number of ether oxygens (including phenoxy) is 1. The van der Waals surface area contributed by atoms with Gasteiger partial charge in [-0.2, -0.15) is 0 Å². The van der Waals surface area contributed by atoms with Crippen molar-refractivity contribution >= 4 is 5.97 Å². The van der Waals surface area contributed by atoms with E-state index in [0.29, 0.717) is 5.56 Å². The molecule has 0 amide bonds. The van der Waals surface area contributed by atoms with Crippen LogP contribution in [0.15, 0.2) is 48.5 Å². The minimum atomic E-state index is -0.476. The Balaban J connectivity index is 2.34. The summed E-state index contributed by atoms with van der Waals surface area (Å²) in [4.78, 5) is 12.1. The Kier molecular flexibility index (Phi) is 3.93. The number of carbonyl (C=O) groups excluding carboxylic acids is 1. The monoisotopic (exact) mass is 268 g/mol. The van der Waals surface area contributed by atoms with Crippen molar-refractivity contribution in [3.63, 3.8) is 0 Å². The summed E-state index contributed by atoms with van der Waals surface area (Å²) in [5.74, 6) is -0.284. The van der Waals surface area contributed by atoms with E-state index in [2.05, 4.69) is 19.1 Å². The third-order valence-electron chi connectivity index (χ3n) is 2.95. The van der Waals surface area contributed by atoms with Crippen molar-refractivity contribution in [2.45, 2.75) is 33.3 Å². The van der Waals surface area contributed by atoms with Crippen molar-refractivity contribution < 1.29 is 9.53 Å². The molecule has 2 heteroatoms. The second kappa shape index (κ2) is 5.49. The highest BCUT2D eigenvalue weighted by molar-refractivity contribution is 5.91. The van der Waals surface area contributed by atoms with Gasteiger partial charge in [0.25, 0.3) is 0 Å². The van der Waals surface area contributed by atoms with E-state index in [0.717, 1.165) is 11.1 Å². The average Bonchev–Trinajstić information content (AvgIpc) is 2.37. The van der Waals surface area contributed by atoms with E-state index >= 15 is 0 Å². The maximum atomic E-state index is 12.1. The lowest BCUT2D eigenvalue weighted by Crippen LogP contribution is -2.23. The van der Waals surface area contributed by atoms with Gasteiger partial charge in [0.15, 0.2) is 0 Å². The molecule has 2 rings (SSSR count). The standard InChI is InChI=1S/C18H20O2/c1-13-8-5-6-11-16(13)14-9-7-10-15(12-14)17(19)20-18(2,3)4/h5-12H,1-4H3. The van der Waals surface area contributed by atoms with Gasteiger partial charge in [0.05, 0.1) is 5.56 Å². The van der Waals surface area contributed by atoms with Gasteiger partial charge in [-0.3, -0.25) is 0 Å². The highest BCUT2D eigenvalue weighted by Gasteiger charge is 2.18. The van der Waals surface area contributed by atoms with E-state index < -0.39 is 5.60 Å². The van der Waals surface area contributed by atoms with Crippen LogP contribution in [0.25, 0.3) is 11.1 Å². The summed E-state index contributed by atoms with van der Waals surface area (Å²) >= 11 is 0. The lowest BCUT2D eigenvalue weighted by Gasteiger charge is -2.19. The van der Waals surface area contributed by atoms with Crippen LogP contribution in [0.3, 0.4) is 0 Å². The van der Waals surface area contributed by atoms with Gasteiger partial charge in [0.1, 0.15) is 5.60 Å². The van der Waals surface area contributed by atoms with Gasteiger partial charge in [-0.25, -0.2) is 4.79 Å². The number of carbonyl (C=O) groups is 1. The van der Waals surface area contributed by atoms with Crippen molar-refractivity contribution in [3.05, 3.63) is 59.7 Å². The lowest BCUT2D eigenvalue weighted by molar-refractivity contribution is 0.00696. The summed E-state index contributed by atoms with van der Waals surface area (Å²) in [6.07, 6.45) is 0. The van der Waals surface area contributed by atoms with Crippen LogP contribution in [0.1, 0.15) is 36.7 Å². The molecule has 0 saturated carbocycles. The zero-order valence-corrected chi connectivity index (χ0v) is 12.4. The fourth-order valence-electron chi connectivity index (χ4n) is 2.05. The first-order valence-corrected chi connectivity index (χ1v) is 6.76. The van der Waals surface area contributed by atoms with Crippen LogP contribution in [0.5, 0.6) is 0 Å². The largest absolute Gasteiger partial charge is 0.456 e. The van der Waals surface area contributed by atoms with E-state index in [9.17, 15) is 4.79 Å². The maximum Gasteiger partial charge on any atom is 0.338 e. The molecule has 0 atom stereocenters. The van der Waals surface area contributed by atoms with Gasteiger partial charge < -0.3 is 4.74 Å². The molecule has 0 aliphatic rings. The second-order valence-corrected chi connectivity index (χ2v) is 5.90. The Bertz CT molecular complexity index is 621. The fraction of sp³-hybridized carbons (Fsp3) is 0.278. The summed E-state index contributed by atoms with van der Waals surface area (Å²) < 4.78 is 5.41. The molecule has 104 valence electrons. The van der Waals surface area contributed by atoms with Crippen molar-refractivity contribution in [1.82, 2.24) is 0 Å². The molecule has 0 radical (unpaired) electrons. The predicted molar refractivity (Wildman–Crippen MR) is 81.8 cm³/mol. The molecule has 2 nitrogen and oxygen atoms in total. The Morgan fingerprint density at radius 1 is 1.00 bits per heavy atom. The third-order valence-corrected chi connectivity index (χ3v) is 2.95. The predicted octanol–water partition coefficient (Wildman–Crippen LogP) is 4.62. The molecule has 0 saturated heterocycles. The number of hydrogen-bond donors (Lipinski definition) is 0. The molecule has 0 aliphatic carbocycles. The zero-order valence-electron chi connectivity index (χ0n) is 12.4. The molecule has 2 aromatic carbocycles. The minimum absolute atomic E-state index is 0.284. The lowest BCUT2D eigenvalue weighted by atomic mass is 9.99. The van der Waals surface area contributed by atoms with Crippen LogP contribution in [0.2, 0.25) is 0 Å². The maximum absolute atomic E-state index is 12.1. The molecule has 20 heavy (non-hydrogen) atoms. The molecule has 0 aliphatic heterocycles. The normalized spacial score (nSPS) is 11.2. The quantitative estimate of drug-likeness (QED) is 0.743. The highest BCUT2D eigenvalue weighted by Crippen LogP contribution is 2.24. The van der Waals surface area contributed by atoms with Crippen LogP contribution < -0.4 is 0 Å². The van der Waals surface area contributed by atoms with Crippen molar-refractivity contribution in [1.29, 1.82) is 0 Å². The van der Waals surface area contributed by atoms with Crippen LogP contribution in [0, 0.1) is 6.92 Å². The van der Waals surface area contributed by atoms with Crippen molar-refractivity contribution in [3.8, 4) is 11.1 Å². The van der Waals surface area contributed by atoms with E-state index in [1.807, 2.05) is 51.1 Å². The molecule has 0 bridgehead atoms. The van der Waals surface area contributed by atoms with E-state index in [1.165, 1.54) is 5.56 Å². The average molecular weight is 268 g/mol. The number of aryl methyl sites for hydroxylation is 1. The van der Waals surface area contributed by atoms with Crippen LogP contribution >= 0.6 is 0 Å². The summed E-state index contributed by atoms with van der Waals surface area (Å²) in [5, 5.41) is 0. The van der Waals surface area contributed by atoms with Gasteiger partial charge >= 0.3 is 5.97 Å². The molecule has 0 spiro atoms. The topological polar surface area (TPSA) is 26.3 Å². The highest BCUT2D eigenvalue weighted by atomic mass is 16.6. The van der Waals surface area contributed by atoms with E-state index in [4.69, 9.17) is 4.74 Å². The van der Waals surface area contributed by atoms with Crippen molar-refractivity contribution in [2.75, 3.05) is 0 Å². The molecule has 2 aromatic rings. The minimum Gasteiger partial charge on any atom is -0.456 e. The van der Waals surface area contributed by atoms with Crippen LogP contribution in [0.4, 0.5) is 0 Å². The van der Waals surface area contributed by atoms with Crippen LogP contribution in [-0.2, 0) is 4.74 Å². The van der Waals surface area contributed by atoms with Gasteiger partial charge in [-0.1, -0.05) is 36.4 Å². The summed E-state index contributed by atoms with van der Waals surface area (Å²) in [7, 11) is 0. The fourth-order valence-corrected chi connectivity index (χ4v) is 2.05. The SMILES string of the molecule is Cc1ccccc1-c1cccc(C(=O)OC(C)(C)C)c1. The Morgan fingerprint density at radius 3 is 2.35 bits per heavy atom. The van der Waals surface area contributed by atoms with Gasteiger partial charge in [-0.15, -0.1) is 0 Å². The first-order chi connectivity index (χ1) is 9.37.